The molecule has 1 saturated heterocycles. The quantitative estimate of drug-likeness (QED) is 0.668. The molecule has 3 heteroatoms. The molecule has 3 nitrogen and oxygen atoms in total. The lowest BCUT2D eigenvalue weighted by molar-refractivity contribution is -0.144. The van der Waals surface area contributed by atoms with Gasteiger partial charge in [-0.25, -0.2) is 0 Å². The van der Waals surface area contributed by atoms with E-state index in [9.17, 15) is 4.79 Å². The average molecular weight is 171 g/mol. The van der Waals surface area contributed by atoms with Crippen molar-refractivity contribution in [1.82, 2.24) is 5.32 Å². The molecule has 1 aliphatic rings. The molecule has 1 rings (SSSR count). The van der Waals surface area contributed by atoms with E-state index in [-0.39, 0.29) is 5.92 Å². The van der Waals surface area contributed by atoms with E-state index in [4.69, 9.17) is 5.11 Å². The Morgan fingerprint density at radius 3 is 3.00 bits per heavy atom. The molecule has 1 heterocycles. The number of carboxylic acids is 1. The van der Waals surface area contributed by atoms with Gasteiger partial charge in [0.25, 0.3) is 0 Å². The fourth-order valence-electron chi connectivity index (χ4n) is 1.92. The van der Waals surface area contributed by atoms with Crippen molar-refractivity contribution in [3.8, 4) is 0 Å². The van der Waals surface area contributed by atoms with Gasteiger partial charge in [-0.1, -0.05) is 13.3 Å². The van der Waals surface area contributed by atoms with Crippen LogP contribution < -0.4 is 5.32 Å². The Morgan fingerprint density at radius 2 is 2.42 bits per heavy atom. The van der Waals surface area contributed by atoms with Crippen LogP contribution in [0.15, 0.2) is 0 Å². The number of rotatable bonds is 3. The van der Waals surface area contributed by atoms with Crippen molar-refractivity contribution in [2.24, 2.45) is 11.8 Å². The lowest BCUT2D eigenvalue weighted by Gasteiger charge is -2.28. The van der Waals surface area contributed by atoms with Crippen molar-refractivity contribution in [3.63, 3.8) is 0 Å². The molecule has 1 aliphatic heterocycles. The first-order valence-corrected chi connectivity index (χ1v) is 4.69. The van der Waals surface area contributed by atoms with Crippen LogP contribution >= 0.6 is 0 Å². The van der Waals surface area contributed by atoms with Crippen LogP contribution in [-0.2, 0) is 4.79 Å². The van der Waals surface area contributed by atoms with E-state index in [1.807, 2.05) is 0 Å². The van der Waals surface area contributed by atoms with E-state index in [1.54, 1.807) is 0 Å². The minimum Gasteiger partial charge on any atom is -0.481 e. The Labute approximate surface area is 73.2 Å². The molecule has 0 aromatic rings. The maximum Gasteiger partial charge on any atom is 0.308 e. The standard InChI is InChI=1S/C9H17NO2/c1-2-3-7-4-5-10-6-8(7)9(11)12/h7-8,10H,2-6H2,1H3,(H,11,12). The molecule has 0 aromatic carbocycles. The average Bonchev–Trinajstić information content (AvgIpc) is 2.05. The Morgan fingerprint density at radius 1 is 1.67 bits per heavy atom. The summed E-state index contributed by atoms with van der Waals surface area (Å²) in [7, 11) is 0. The third kappa shape index (κ3) is 2.21. The summed E-state index contributed by atoms with van der Waals surface area (Å²) >= 11 is 0. The molecule has 0 saturated carbocycles. The maximum atomic E-state index is 10.8. The number of carbonyl (C=O) groups is 1. The van der Waals surface area contributed by atoms with E-state index in [1.165, 1.54) is 0 Å². The summed E-state index contributed by atoms with van der Waals surface area (Å²) in [6.07, 6.45) is 3.16. The van der Waals surface area contributed by atoms with E-state index < -0.39 is 5.97 Å². The molecule has 0 bridgehead atoms. The van der Waals surface area contributed by atoms with Gasteiger partial charge in [0.2, 0.25) is 0 Å². The van der Waals surface area contributed by atoms with Gasteiger partial charge < -0.3 is 10.4 Å². The van der Waals surface area contributed by atoms with Gasteiger partial charge in [0.1, 0.15) is 0 Å². The third-order valence-electron chi connectivity index (χ3n) is 2.60. The molecule has 1 fully saturated rings. The highest BCUT2D eigenvalue weighted by Crippen LogP contribution is 2.23. The van der Waals surface area contributed by atoms with Crippen molar-refractivity contribution in [1.29, 1.82) is 0 Å². The van der Waals surface area contributed by atoms with Crippen molar-refractivity contribution in [3.05, 3.63) is 0 Å². The zero-order valence-corrected chi connectivity index (χ0v) is 7.55. The van der Waals surface area contributed by atoms with E-state index in [0.717, 1.165) is 25.8 Å². The van der Waals surface area contributed by atoms with E-state index >= 15 is 0 Å². The molecule has 2 unspecified atom stereocenters. The normalized spacial score (nSPS) is 30.1. The molecule has 0 aliphatic carbocycles. The molecule has 2 atom stereocenters. The van der Waals surface area contributed by atoms with Crippen molar-refractivity contribution < 1.29 is 9.90 Å². The number of carboxylic acid groups (broad SMARTS) is 1. The summed E-state index contributed by atoms with van der Waals surface area (Å²) in [5.74, 6) is -0.395. The summed E-state index contributed by atoms with van der Waals surface area (Å²) in [5.41, 5.74) is 0. The Hall–Kier alpha value is -0.570. The number of piperidine rings is 1. The summed E-state index contributed by atoms with van der Waals surface area (Å²) in [5, 5.41) is 12.0. The predicted octanol–water partition coefficient (Wildman–Crippen LogP) is 1.10. The monoisotopic (exact) mass is 171 g/mol. The molecule has 0 spiro atoms. The van der Waals surface area contributed by atoms with Crippen LogP contribution in [0.3, 0.4) is 0 Å². The molecule has 0 aromatic heterocycles. The zero-order chi connectivity index (χ0) is 8.97. The second-order valence-corrected chi connectivity index (χ2v) is 3.49. The Kier molecular flexibility index (Phi) is 3.53. The largest absolute Gasteiger partial charge is 0.481 e. The van der Waals surface area contributed by atoms with Crippen molar-refractivity contribution in [2.75, 3.05) is 13.1 Å². The van der Waals surface area contributed by atoms with Crippen LogP contribution in [-0.4, -0.2) is 24.2 Å². The Bertz CT molecular complexity index is 157. The maximum absolute atomic E-state index is 10.8. The first-order valence-electron chi connectivity index (χ1n) is 4.69. The summed E-state index contributed by atoms with van der Waals surface area (Å²) in [4.78, 5) is 10.8. The second-order valence-electron chi connectivity index (χ2n) is 3.49. The smallest absolute Gasteiger partial charge is 0.308 e. The first-order chi connectivity index (χ1) is 5.75. The van der Waals surface area contributed by atoms with Gasteiger partial charge in [-0.05, 0) is 25.3 Å². The van der Waals surface area contributed by atoms with Gasteiger partial charge in [0.05, 0.1) is 5.92 Å². The summed E-state index contributed by atoms with van der Waals surface area (Å²) in [6.45, 7) is 3.75. The predicted molar refractivity (Wildman–Crippen MR) is 47.0 cm³/mol. The summed E-state index contributed by atoms with van der Waals surface area (Å²) in [6, 6.07) is 0. The van der Waals surface area contributed by atoms with E-state index in [0.29, 0.717) is 12.5 Å². The van der Waals surface area contributed by atoms with Crippen LogP contribution in [0.4, 0.5) is 0 Å². The summed E-state index contributed by atoms with van der Waals surface area (Å²) < 4.78 is 0. The highest BCUT2D eigenvalue weighted by atomic mass is 16.4. The Balaban J connectivity index is 2.48. The van der Waals surface area contributed by atoms with Crippen molar-refractivity contribution >= 4 is 5.97 Å². The van der Waals surface area contributed by atoms with Gasteiger partial charge in [-0.2, -0.15) is 0 Å². The lowest BCUT2D eigenvalue weighted by atomic mass is 9.83. The highest BCUT2D eigenvalue weighted by Gasteiger charge is 2.29. The van der Waals surface area contributed by atoms with Crippen LogP contribution in [0.5, 0.6) is 0 Å². The first kappa shape index (κ1) is 9.52. The zero-order valence-electron chi connectivity index (χ0n) is 7.55. The molecule has 2 N–H and O–H groups in total. The minimum absolute atomic E-state index is 0.154. The van der Waals surface area contributed by atoms with Gasteiger partial charge >= 0.3 is 5.97 Å². The molecule has 70 valence electrons. The minimum atomic E-state index is -0.638. The van der Waals surface area contributed by atoms with Gasteiger partial charge in [-0.3, -0.25) is 4.79 Å². The van der Waals surface area contributed by atoms with Gasteiger partial charge in [-0.15, -0.1) is 0 Å². The number of hydrogen-bond acceptors (Lipinski definition) is 2. The van der Waals surface area contributed by atoms with Crippen LogP contribution in [0.1, 0.15) is 26.2 Å². The van der Waals surface area contributed by atoms with Crippen LogP contribution in [0.25, 0.3) is 0 Å². The van der Waals surface area contributed by atoms with Crippen LogP contribution in [0.2, 0.25) is 0 Å². The second kappa shape index (κ2) is 4.45. The van der Waals surface area contributed by atoms with E-state index in [2.05, 4.69) is 12.2 Å². The van der Waals surface area contributed by atoms with Gasteiger partial charge in [0.15, 0.2) is 0 Å². The molecule has 12 heavy (non-hydrogen) atoms. The SMILES string of the molecule is CCCC1CCNCC1C(=O)O. The third-order valence-corrected chi connectivity index (χ3v) is 2.60. The van der Waals surface area contributed by atoms with Crippen molar-refractivity contribution in [2.45, 2.75) is 26.2 Å². The van der Waals surface area contributed by atoms with Crippen LogP contribution in [0, 0.1) is 11.8 Å². The highest BCUT2D eigenvalue weighted by molar-refractivity contribution is 5.70. The molecule has 0 radical (unpaired) electrons. The fourth-order valence-corrected chi connectivity index (χ4v) is 1.92. The molecule has 0 amide bonds. The fraction of sp³-hybridized carbons (Fsp3) is 0.889. The van der Waals surface area contributed by atoms with Gasteiger partial charge in [0, 0.05) is 6.54 Å². The molecular weight excluding hydrogens is 154 g/mol. The number of hydrogen-bond donors (Lipinski definition) is 2. The topological polar surface area (TPSA) is 49.3 Å². The number of nitrogens with one attached hydrogen (secondary N) is 1. The lowest BCUT2D eigenvalue weighted by Crippen LogP contribution is -2.40. The number of aliphatic carboxylic acids is 1. The molecular formula is C9H17NO2.